The summed E-state index contributed by atoms with van der Waals surface area (Å²) in [6, 6.07) is 0. The Morgan fingerprint density at radius 2 is 1.35 bits per heavy atom. The Morgan fingerprint density at radius 1 is 0.882 bits per heavy atom. The fraction of sp³-hybridized carbons (Fsp3) is 1.00. The van der Waals surface area contributed by atoms with Crippen LogP contribution in [0.3, 0.4) is 0 Å². The van der Waals surface area contributed by atoms with Gasteiger partial charge >= 0.3 is 0 Å². The van der Waals surface area contributed by atoms with Crippen LogP contribution in [0.2, 0.25) is 0 Å². The lowest BCUT2D eigenvalue weighted by Crippen LogP contribution is -2.46. The fourth-order valence-electron chi connectivity index (χ4n) is 5.16. The van der Waals surface area contributed by atoms with E-state index in [4.69, 9.17) is 0 Å². The van der Waals surface area contributed by atoms with Crippen LogP contribution in [0.1, 0.15) is 79.1 Å². The fourth-order valence-corrected chi connectivity index (χ4v) is 5.16. The van der Waals surface area contributed by atoms with Crippen LogP contribution < -0.4 is 0 Å². The zero-order valence-electron chi connectivity index (χ0n) is 12.2. The summed E-state index contributed by atoms with van der Waals surface area (Å²) in [4.78, 5) is 0. The first kappa shape index (κ1) is 13.4. The molecule has 0 unspecified atom stereocenters. The first-order chi connectivity index (χ1) is 7.70. The molecular formula is C16H30O. The first-order valence-electron chi connectivity index (χ1n) is 7.42. The number of hydrogen-bond donors (Lipinski definition) is 1. The average molecular weight is 238 g/mol. The monoisotopic (exact) mass is 238 g/mol. The Balaban J connectivity index is 2.06. The minimum Gasteiger partial charge on any atom is -0.390 e. The van der Waals surface area contributed by atoms with Gasteiger partial charge in [-0.05, 0) is 42.4 Å². The highest BCUT2D eigenvalue weighted by molar-refractivity contribution is 4.98. The lowest BCUT2D eigenvalue weighted by Gasteiger charge is -2.50. The quantitative estimate of drug-likeness (QED) is 0.749. The van der Waals surface area contributed by atoms with Crippen molar-refractivity contribution in [1.82, 2.24) is 0 Å². The van der Waals surface area contributed by atoms with Crippen molar-refractivity contribution in [3.05, 3.63) is 0 Å². The van der Waals surface area contributed by atoms with E-state index >= 15 is 0 Å². The largest absolute Gasteiger partial charge is 0.390 e. The van der Waals surface area contributed by atoms with Crippen molar-refractivity contribution in [2.24, 2.45) is 16.7 Å². The Hall–Kier alpha value is -0.0400. The molecule has 0 amide bonds. The zero-order valence-corrected chi connectivity index (χ0v) is 12.2. The van der Waals surface area contributed by atoms with E-state index in [1.165, 1.54) is 32.1 Å². The van der Waals surface area contributed by atoms with Crippen molar-refractivity contribution < 1.29 is 5.11 Å². The molecule has 2 saturated carbocycles. The highest BCUT2D eigenvalue weighted by Crippen LogP contribution is 2.52. The van der Waals surface area contributed by atoms with Crippen LogP contribution in [0.5, 0.6) is 0 Å². The van der Waals surface area contributed by atoms with Gasteiger partial charge in [-0.25, -0.2) is 0 Å². The molecule has 0 atom stereocenters. The van der Waals surface area contributed by atoms with Crippen molar-refractivity contribution in [2.45, 2.75) is 84.7 Å². The maximum absolute atomic E-state index is 11.0. The van der Waals surface area contributed by atoms with E-state index in [9.17, 15) is 5.11 Å². The SMILES string of the molecule is CC1(C)CC(C)(C)CC(O)(CC2CCCC2)C1. The van der Waals surface area contributed by atoms with Crippen LogP contribution in [-0.2, 0) is 0 Å². The second-order valence-electron chi connectivity index (χ2n) is 8.44. The van der Waals surface area contributed by atoms with Crippen LogP contribution in [0, 0.1) is 16.7 Å². The topological polar surface area (TPSA) is 20.2 Å². The van der Waals surface area contributed by atoms with Crippen LogP contribution in [0.15, 0.2) is 0 Å². The predicted molar refractivity (Wildman–Crippen MR) is 72.9 cm³/mol. The molecule has 0 aromatic carbocycles. The summed E-state index contributed by atoms with van der Waals surface area (Å²) < 4.78 is 0. The Morgan fingerprint density at radius 3 is 1.82 bits per heavy atom. The minimum atomic E-state index is -0.389. The molecule has 0 spiro atoms. The van der Waals surface area contributed by atoms with Gasteiger partial charge < -0.3 is 5.11 Å². The second kappa shape index (κ2) is 4.26. The van der Waals surface area contributed by atoms with Gasteiger partial charge in [-0.3, -0.25) is 0 Å². The van der Waals surface area contributed by atoms with Crippen molar-refractivity contribution in [2.75, 3.05) is 0 Å². The zero-order chi connectivity index (χ0) is 12.7. The molecule has 0 bridgehead atoms. The summed E-state index contributed by atoms with van der Waals surface area (Å²) in [5.74, 6) is 0.796. The van der Waals surface area contributed by atoms with Gasteiger partial charge in [0.1, 0.15) is 0 Å². The smallest absolute Gasteiger partial charge is 0.0660 e. The minimum absolute atomic E-state index is 0.301. The highest BCUT2D eigenvalue weighted by Gasteiger charge is 2.47. The molecule has 0 aromatic heterocycles. The Bertz CT molecular complexity index is 255. The maximum Gasteiger partial charge on any atom is 0.0660 e. The molecule has 0 saturated heterocycles. The summed E-state index contributed by atoms with van der Waals surface area (Å²) in [6.45, 7) is 9.31. The van der Waals surface area contributed by atoms with Crippen LogP contribution in [-0.4, -0.2) is 10.7 Å². The molecule has 17 heavy (non-hydrogen) atoms. The van der Waals surface area contributed by atoms with Crippen molar-refractivity contribution in [3.8, 4) is 0 Å². The third-order valence-corrected chi connectivity index (χ3v) is 4.72. The summed E-state index contributed by atoms with van der Waals surface area (Å²) in [6.07, 6.45) is 9.76. The van der Waals surface area contributed by atoms with Crippen LogP contribution in [0.4, 0.5) is 0 Å². The second-order valence-corrected chi connectivity index (χ2v) is 8.44. The molecule has 0 radical (unpaired) electrons. The van der Waals surface area contributed by atoms with E-state index < -0.39 is 0 Å². The molecule has 2 rings (SSSR count). The molecule has 2 fully saturated rings. The third-order valence-electron chi connectivity index (χ3n) is 4.72. The highest BCUT2D eigenvalue weighted by atomic mass is 16.3. The van der Waals surface area contributed by atoms with Crippen molar-refractivity contribution in [3.63, 3.8) is 0 Å². The van der Waals surface area contributed by atoms with E-state index in [0.29, 0.717) is 10.8 Å². The predicted octanol–water partition coefficient (Wildman–Crippen LogP) is 4.53. The number of hydrogen-bond acceptors (Lipinski definition) is 1. The van der Waals surface area contributed by atoms with E-state index in [-0.39, 0.29) is 5.60 Å². The molecule has 1 nitrogen and oxygen atoms in total. The van der Waals surface area contributed by atoms with Gasteiger partial charge in [-0.2, -0.15) is 0 Å². The van der Waals surface area contributed by atoms with Gasteiger partial charge in [0.2, 0.25) is 0 Å². The molecule has 100 valence electrons. The van der Waals surface area contributed by atoms with E-state index in [1.54, 1.807) is 0 Å². The van der Waals surface area contributed by atoms with Crippen molar-refractivity contribution >= 4 is 0 Å². The van der Waals surface area contributed by atoms with Gasteiger partial charge in [-0.1, -0.05) is 53.4 Å². The van der Waals surface area contributed by atoms with Gasteiger partial charge in [0.15, 0.2) is 0 Å². The lowest BCUT2D eigenvalue weighted by atomic mass is 9.58. The molecule has 2 aliphatic rings. The van der Waals surface area contributed by atoms with Gasteiger partial charge in [0, 0.05) is 0 Å². The Kier molecular flexibility index (Phi) is 3.36. The maximum atomic E-state index is 11.0. The Labute approximate surface area is 107 Å². The van der Waals surface area contributed by atoms with Gasteiger partial charge in [0.25, 0.3) is 0 Å². The standard InChI is InChI=1S/C16H30O/c1-14(2)10-15(3,4)12-16(17,11-14)9-13-7-5-6-8-13/h13,17H,5-12H2,1-4H3. The average Bonchev–Trinajstić information content (AvgIpc) is 2.47. The van der Waals surface area contributed by atoms with Crippen LogP contribution in [0.25, 0.3) is 0 Å². The summed E-state index contributed by atoms with van der Waals surface area (Å²) in [5.41, 5.74) is 0.213. The number of rotatable bonds is 2. The molecule has 1 heteroatoms. The summed E-state index contributed by atoms with van der Waals surface area (Å²) in [7, 11) is 0. The normalized spacial score (nSPS) is 31.6. The molecular weight excluding hydrogens is 208 g/mol. The summed E-state index contributed by atoms with van der Waals surface area (Å²) in [5, 5.41) is 11.0. The first-order valence-corrected chi connectivity index (χ1v) is 7.42. The van der Waals surface area contributed by atoms with Crippen LogP contribution >= 0.6 is 0 Å². The molecule has 0 aliphatic heterocycles. The van der Waals surface area contributed by atoms with E-state index in [1.807, 2.05) is 0 Å². The molecule has 2 aliphatic carbocycles. The number of aliphatic hydroxyl groups is 1. The lowest BCUT2D eigenvalue weighted by molar-refractivity contribution is -0.0982. The van der Waals surface area contributed by atoms with Gasteiger partial charge in [0.05, 0.1) is 5.60 Å². The molecule has 0 aromatic rings. The summed E-state index contributed by atoms with van der Waals surface area (Å²) >= 11 is 0. The molecule has 0 heterocycles. The van der Waals surface area contributed by atoms with Gasteiger partial charge in [-0.15, -0.1) is 0 Å². The third kappa shape index (κ3) is 3.47. The molecule has 1 N–H and O–H groups in total. The van der Waals surface area contributed by atoms with E-state index in [0.717, 1.165) is 25.2 Å². The van der Waals surface area contributed by atoms with E-state index in [2.05, 4.69) is 27.7 Å². The van der Waals surface area contributed by atoms with Crippen molar-refractivity contribution in [1.29, 1.82) is 0 Å².